The van der Waals surface area contributed by atoms with Gasteiger partial charge in [0.05, 0.1) is 0 Å². The van der Waals surface area contributed by atoms with E-state index >= 15 is 0 Å². The number of likely N-dealkylation sites (tertiary alicyclic amines) is 1. The molecule has 1 aromatic carbocycles. The summed E-state index contributed by atoms with van der Waals surface area (Å²) in [5.74, 6) is 0. The van der Waals surface area contributed by atoms with E-state index < -0.39 is 0 Å². The first kappa shape index (κ1) is 13.4. The molecule has 1 aromatic rings. The van der Waals surface area contributed by atoms with E-state index in [1.807, 2.05) is 12.1 Å². The van der Waals surface area contributed by atoms with Crippen LogP contribution in [0.15, 0.2) is 18.2 Å². The second-order valence-electron chi connectivity index (χ2n) is 5.26. The van der Waals surface area contributed by atoms with Gasteiger partial charge in [-0.05, 0) is 56.3 Å². The fourth-order valence-corrected chi connectivity index (χ4v) is 2.85. The minimum absolute atomic E-state index is 0.307. The van der Waals surface area contributed by atoms with Crippen LogP contribution in [0.2, 0.25) is 0 Å². The summed E-state index contributed by atoms with van der Waals surface area (Å²) in [4.78, 5) is 2.54. The fraction of sp³-hybridized carbons (Fsp3) is 0.600. The summed E-state index contributed by atoms with van der Waals surface area (Å²) in [7, 11) is 0. The SMILES string of the molecule is Cc1c(N)cccc1CN1CCCC1CCCO. The molecule has 1 unspecified atom stereocenters. The molecule has 1 atom stereocenters. The smallest absolute Gasteiger partial charge is 0.0431 e. The molecule has 1 heterocycles. The van der Waals surface area contributed by atoms with Crippen molar-refractivity contribution < 1.29 is 5.11 Å². The minimum atomic E-state index is 0.307. The number of nitrogens with two attached hydrogens (primary N) is 1. The zero-order chi connectivity index (χ0) is 13.0. The molecule has 1 aliphatic heterocycles. The summed E-state index contributed by atoms with van der Waals surface area (Å²) in [5.41, 5.74) is 9.40. The van der Waals surface area contributed by atoms with Gasteiger partial charge in [0.25, 0.3) is 0 Å². The summed E-state index contributed by atoms with van der Waals surface area (Å²) in [6, 6.07) is 6.81. The molecule has 3 heteroatoms. The Morgan fingerprint density at radius 3 is 3.06 bits per heavy atom. The van der Waals surface area contributed by atoms with E-state index in [1.165, 1.54) is 30.5 Å². The average Bonchev–Trinajstić information content (AvgIpc) is 2.80. The molecule has 1 saturated heterocycles. The fourth-order valence-electron chi connectivity index (χ4n) is 2.85. The predicted octanol–water partition coefficient (Wildman–Crippen LogP) is 2.31. The van der Waals surface area contributed by atoms with Crippen LogP contribution in [0.25, 0.3) is 0 Å². The molecule has 0 bridgehead atoms. The van der Waals surface area contributed by atoms with E-state index in [4.69, 9.17) is 10.8 Å². The molecule has 0 radical (unpaired) electrons. The van der Waals surface area contributed by atoms with Crippen LogP contribution < -0.4 is 5.73 Å². The van der Waals surface area contributed by atoms with Crippen molar-refractivity contribution in [2.24, 2.45) is 0 Å². The Balaban J connectivity index is 2.01. The number of aliphatic hydroxyl groups excluding tert-OH is 1. The number of nitrogen functional groups attached to an aromatic ring is 1. The van der Waals surface area contributed by atoms with Gasteiger partial charge in [-0.2, -0.15) is 0 Å². The summed E-state index contributed by atoms with van der Waals surface area (Å²) < 4.78 is 0. The van der Waals surface area contributed by atoms with E-state index in [2.05, 4.69) is 17.9 Å². The maximum absolute atomic E-state index is 8.95. The highest BCUT2D eigenvalue weighted by molar-refractivity contribution is 5.49. The Hall–Kier alpha value is -1.06. The van der Waals surface area contributed by atoms with Crippen LogP contribution in [-0.4, -0.2) is 29.2 Å². The highest BCUT2D eigenvalue weighted by Gasteiger charge is 2.24. The number of hydrogen-bond donors (Lipinski definition) is 2. The summed E-state index contributed by atoms with van der Waals surface area (Å²) >= 11 is 0. The Labute approximate surface area is 110 Å². The number of hydrogen-bond acceptors (Lipinski definition) is 3. The molecule has 0 amide bonds. The predicted molar refractivity (Wildman–Crippen MR) is 75.3 cm³/mol. The normalized spacial score (nSPS) is 20.4. The van der Waals surface area contributed by atoms with Crippen molar-refractivity contribution >= 4 is 5.69 Å². The molecule has 2 rings (SSSR count). The van der Waals surface area contributed by atoms with Gasteiger partial charge in [0, 0.05) is 24.9 Å². The van der Waals surface area contributed by atoms with Gasteiger partial charge >= 0.3 is 0 Å². The maximum atomic E-state index is 8.95. The molecular formula is C15H24N2O. The summed E-state index contributed by atoms with van der Waals surface area (Å²) in [5, 5.41) is 8.95. The first-order valence-electron chi connectivity index (χ1n) is 6.91. The van der Waals surface area contributed by atoms with Crippen molar-refractivity contribution in [3.05, 3.63) is 29.3 Å². The van der Waals surface area contributed by atoms with Crippen molar-refractivity contribution in [3.63, 3.8) is 0 Å². The van der Waals surface area contributed by atoms with Crippen LogP contribution in [0.3, 0.4) is 0 Å². The van der Waals surface area contributed by atoms with Crippen LogP contribution in [0.4, 0.5) is 5.69 Å². The molecule has 3 N–H and O–H groups in total. The lowest BCUT2D eigenvalue weighted by molar-refractivity contribution is 0.210. The number of anilines is 1. The van der Waals surface area contributed by atoms with E-state index in [0.717, 1.165) is 25.1 Å². The molecule has 1 aliphatic rings. The number of rotatable bonds is 5. The van der Waals surface area contributed by atoms with E-state index in [-0.39, 0.29) is 0 Å². The highest BCUT2D eigenvalue weighted by atomic mass is 16.2. The Kier molecular flexibility index (Phi) is 4.61. The van der Waals surface area contributed by atoms with E-state index in [0.29, 0.717) is 12.6 Å². The Bertz CT molecular complexity index is 392. The monoisotopic (exact) mass is 248 g/mol. The van der Waals surface area contributed by atoms with Gasteiger partial charge in [0.2, 0.25) is 0 Å². The van der Waals surface area contributed by atoms with Crippen LogP contribution in [0.5, 0.6) is 0 Å². The minimum Gasteiger partial charge on any atom is -0.399 e. The third-order valence-electron chi connectivity index (χ3n) is 4.06. The van der Waals surface area contributed by atoms with Crippen LogP contribution in [0.1, 0.15) is 36.8 Å². The quantitative estimate of drug-likeness (QED) is 0.786. The first-order chi connectivity index (χ1) is 8.72. The molecular weight excluding hydrogens is 224 g/mol. The zero-order valence-corrected chi connectivity index (χ0v) is 11.2. The van der Waals surface area contributed by atoms with Gasteiger partial charge in [-0.1, -0.05) is 12.1 Å². The Morgan fingerprint density at radius 1 is 1.44 bits per heavy atom. The number of benzene rings is 1. The largest absolute Gasteiger partial charge is 0.399 e. The summed E-state index contributed by atoms with van der Waals surface area (Å²) in [6.07, 6.45) is 4.56. The van der Waals surface area contributed by atoms with Crippen LogP contribution >= 0.6 is 0 Å². The van der Waals surface area contributed by atoms with Crippen LogP contribution in [-0.2, 0) is 6.54 Å². The van der Waals surface area contributed by atoms with Crippen molar-refractivity contribution in [1.29, 1.82) is 0 Å². The third kappa shape index (κ3) is 3.03. The zero-order valence-electron chi connectivity index (χ0n) is 11.2. The van der Waals surface area contributed by atoms with Crippen molar-refractivity contribution in [2.75, 3.05) is 18.9 Å². The Morgan fingerprint density at radius 2 is 2.28 bits per heavy atom. The van der Waals surface area contributed by atoms with Gasteiger partial charge in [-0.3, -0.25) is 4.90 Å². The molecule has 3 nitrogen and oxygen atoms in total. The average molecular weight is 248 g/mol. The maximum Gasteiger partial charge on any atom is 0.0431 e. The number of aliphatic hydroxyl groups is 1. The van der Waals surface area contributed by atoms with Gasteiger partial charge in [-0.25, -0.2) is 0 Å². The third-order valence-corrected chi connectivity index (χ3v) is 4.06. The lowest BCUT2D eigenvalue weighted by Crippen LogP contribution is -2.29. The second kappa shape index (κ2) is 6.21. The summed E-state index contributed by atoms with van der Waals surface area (Å²) in [6.45, 7) is 4.57. The topological polar surface area (TPSA) is 49.5 Å². The van der Waals surface area contributed by atoms with Gasteiger partial charge < -0.3 is 10.8 Å². The molecule has 100 valence electrons. The molecule has 0 aliphatic carbocycles. The molecule has 0 saturated carbocycles. The van der Waals surface area contributed by atoms with Crippen LogP contribution in [0, 0.1) is 6.92 Å². The van der Waals surface area contributed by atoms with Crippen molar-refractivity contribution in [3.8, 4) is 0 Å². The van der Waals surface area contributed by atoms with Gasteiger partial charge in [-0.15, -0.1) is 0 Å². The molecule has 0 spiro atoms. The lowest BCUT2D eigenvalue weighted by atomic mass is 10.0. The van der Waals surface area contributed by atoms with Crippen molar-refractivity contribution in [1.82, 2.24) is 4.90 Å². The van der Waals surface area contributed by atoms with Crippen molar-refractivity contribution in [2.45, 2.75) is 45.2 Å². The number of nitrogens with zero attached hydrogens (tertiary/aromatic N) is 1. The second-order valence-corrected chi connectivity index (χ2v) is 5.26. The first-order valence-corrected chi connectivity index (χ1v) is 6.91. The van der Waals surface area contributed by atoms with Gasteiger partial charge in [0.15, 0.2) is 0 Å². The lowest BCUT2D eigenvalue weighted by Gasteiger charge is -2.25. The highest BCUT2D eigenvalue weighted by Crippen LogP contribution is 2.25. The van der Waals surface area contributed by atoms with E-state index in [9.17, 15) is 0 Å². The van der Waals surface area contributed by atoms with Gasteiger partial charge in [0.1, 0.15) is 0 Å². The molecule has 18 heavy (non-hydrogen) atoms. The molecule has 1 fully saturated rings. The van der Waals surface area contributed by atoms with E-state index in [1.54, 1.807) is 0 Å². The standard InChI is InChI=1S/C15H24N2O/c1-12-13(5-2-8-15(12)16)11-17-9-3-6-14(17)7-4-10-18/h2,5,8,14,18H,3-4,6-7,9-11,16H2,1H3. The molecule has 0 aromatic heterocycles.